The second kappa shape index (κ2) is 36.4. The highest BCUT2D eigenvalue weighted by molar-refractivity contribution is 8.77. The molecule has 1 aromatic heterocycles. The van der Waals surface area contributed by atoms with Crippen LogP contribution in [0.5, 0.6) is 0 Å². The van der Waals surface area contributed by atoms with Gasteiger partial charge in [-0.2, -0.15) is 0 Å². The van der Waals surface area contributed by atoms with E-state index in [2.05, 4.69) is 48.1 Å². The monoisotopic (exact) mass is 824 g/mol. The molecule has 2 rings (SSSR count). The number of H-pyrrole nitrogens is 1. The maximum Gasteiger partial charge on any atom is 0.307 e. The van der Waals surface area contributed by atoms with Crippen LogP contribution >= 0.6 is 43.2 Å². The first-order valence-corrected chi connectivity index (χ1v) is 26.7. The molecule has 0 unspecified atom stereocenters. The molecule has 0 radical (unpaired) electrons. The molecule has 0 fully saturated rings. The van der Waals surface area contributed by atoms with Gasteiger partial charge in [0, 0.05) is 59.7 Å². The van der Waals surface area contributed by atoms with Crippen molar-refractivity contribution in [1.29, 1.82) is 0 Å². The summed E-state index contributed by atoms with van der Waals surface area (Å²) < 4.78 is 11.1. The van der Waals surface area contributed by atoms with Gasteiger partial charge in [0.15, 0.2) is 0 Å². The Kier molecular flexibility index (Phi) is 33.2. The van der Waals surface area contributed by atoms with Crippen molar-refractivity contribution in [3.8, 4) is 0 Å². The molecule has 0 saturated heterocycles. The van der Waals surface area contributed by atoms with Crippen LogP contribution in [0.1, 0.15) is 161 Å². The molecule has 0 aliphatic carbocycles. The average molecular weight is 825 g/mol. The van der Waals surface area contributed by atoms with E-state index in [9.17, 15) is 9.59 Å². The van der Waals surface area contributed by atoms with E-state index in [-0.39, 0.29) is 11.9 Å². The highest BCUT2D eigenvalue weighted by atomic mass is 33.1. The first kappa shape index (κ1) is 49.2. The summed E-state index contributed by atoms with van der Waals surface area (Å²) in [6.45, 7) is 7.35. The first-order valence-electron chi connectivity index (χ1n) is 21.7. The number of aromatic nitrogens is 1. The van der Waals surface area contributed by atoms with E-state index in [4.69, 9.17) is 9.47 Å². The molecular weight excluding hydrogens is 749 g/mol. The number of unbranched alkanes of at least 4 members (excludes halogenated alkanes) is 18. The number of hydrogen-bond donors (Lipinski definition) is 1. The lowest BCUT2D eigenvalue weighted by Gasteiger charge is -2.21. The zero-order chi connectivity index (χ0) is 38.6. The number of carbonyl (C=O) groups is 2. The number of benzene rings is 1. The van der Waals surface area contributed by atoms with Crippen molar-refractivity contribution in [2.75, 3.05) is 55.9 Å². The molecule has 10 heteroatoms. The molecule has 0 bridgehead atoms. The molecule has 0 aliphatic heterocycles. The Hall–Kier alpha value is -0.940. The molecule has 310 valence electrons. The minimum absolute atomic E-state index is 0.165. The molecule has 0 aliphatic rings. The Morgan fingerprint density at radius 2 is 0.981 bits per heavy atom. The van der Waals surface area contributed by atoms with E-state index in [1.54, 1.807) is 0 Å². The number of rotatable bonds is 39. The van der Waals surface area contributed by atoms with Crippen LogP contribution < -0.4 is 0 Å². The number of nitrogens with one attached hydrogen (secondary N) is 1. The predicted octanol–water partition coefficient (Wildman–Crippen LogP) is 13.5. The minimum atomic E-state index is -0.165. The van der Waals surface area contributed by atoms with Gasteiger partial charge in [-0.25, -0.2) is 0 Å². The van der Waals surface area contributed by atoms with Crippen LogP contribution in [-0.4, -0.2) is 77.7 Å². The highest BCUT2D eigenvalue weighted by Crippen LogP contribution is 2.24. The standard InChI is InChI=1S/C44H76N2O4S4/c1-3-5-7-9-11-13-15-17-19-23-35-51-53-37-33-49-43(47)28-31-46(30-27-40-39-45-42-26-22-21-25-41(40)42)32-29-44(48)50-34-38-54-52-36-24-20-18-16-14-12-10-8-6-4-2/h21-22,25-26,39,45H,3-20,23-24,27-38H2,1-2H3. The van der Waals surface area contributed by atoms with Crippen molar-refractivity contribution < 1.29 is 19.1 Å². The quantitative estimate of drug-likeness (QED) is 0.0403. The molecule has 54 heavy (non-hydrogen) atoms. The van der Waals surface area contributed by atoms with Crippen LogP contribution in [-0.2, 0) is 25.5 Å². The zero-order valence-corrected chi connectivity index (χ0v) is 37.5. The smallest absolute Gasteiger partial charge is 0.307 e. The summed E-state index contributed by atoms with van der Waals surface area (Å²) in [5.74, 6) is 3.64. The van der Waals surface area contributed by atoms with Crippen molar-refractivity contribution in [1.82, 2.24) is 9.88 Å². The summed E-state index contributed by atoms with van der Waals surface area (Å²) in [4.78, 5) is 30.8. The van der Waals surface area contributed by atoms with Crippen molar-refractivity contribution >= 4 is 66.0 Å². The first-order chi connectivity index (χ1) is 26.6. The van der Waals surface area contributed by atoms with Crippen LogP contribution in [0.25, 0.3) is 10.9 Å². The summed E-state index contributed by atoms with van der Waals surface area (Å²) in [6.07, 6.45) is 30.9. The number of nitrogens with zero attached hydrogens (tertiary/aromatic N) is 1. The Bertz CT molecular complexity index is 1120. The fourth-order valence-corrected chi connectivity index (χ4v) is 10.5. The molecule has 6 nitrogen and oxygen atoms in total. The molecule has 0 saturated carbocycles. The van der Waals surface area contributed by atoms with Crippen LogP contribution in [0.2, 0.25) is 0 Å². The number of ether oxygens (including phenoxy) is 2. The highest BCUT2D eigenvalue weighted by Gasteiger charge is 2.14. The molecular formula is C44H76N2O4S4. The van der Waals surface area contributed by atoms with E-state index < -0.39 is 0 Å². The fraction of sp³-hybridized carbons (Fsp3) is 0.773. The Labute approximate surface area is 346 Å². The van der Waals surface area contributed by atoms with Crippen molar-refractivity contribution in [3.63, 3.8) is 0 Å². The summed E-state index contributed by atoms with van der Waals surface area (Å²) >= 11 is 0. The number of carbonyl (C=O) groups excluding carboxylic acids is 2. The van der Waals surface area contributed by atoms with Gasteiger partial charge in [0.25, 0.3) is 0 Å². The summed E-state index contributed by atoms with van der Waals surface area (Å²) in [7, 11) is 7.41. The van der Waals surface area contributed by atoms with Crippen LogP contribution in [0.3, 0.4) is 0 Å². The third-order valence-corrected chi connectivity index (χ3v) is 14.7. The minimum Gasteiger partial charge on any atom is -0.465 e. The lowest BCUT2D eigenvalue weighted by Crippen LogP contribution is -2.31. The number of hydrogen-bond acceptors (Lipinski definition) is 9. The third-order valence-electron chi connectivity index (χ3n) is 9.83. The zero-order valence-electron chi connectivity index (χ0n) is 34.2. The van der Waals surface area contributed by atoms with E-state index in [1.165, 1.54) is 151 Å². The predicted molar refractivity (Wildman–Crippen MR) is 243 cm³/mol. The summed E-state index contributed by atoms with van der Waals surface area (Å²) in [5.41, 5.74) is 2.38. The van der Waals surface area contributed by atoms with Crippen LogP contribution in [0, 0.1) is 0 Å². The summed E-state index contributed by atoms with van der Waals surface area (Å²) in [6, 6.07) is 8.33. The van der Waals surface area contributed by atoms with Crippen LogP contribution in [0.4, 0.5) is 0 Å². The van der Waals surface area contributed by atoms with Gasteiger partial charge in [-0.3, -0.25) is 9.59 Å². The SMILES string of the molecule is CCCCCCCCCCCCSSCCOC(=O)CCN(CCC(=O)OCCSSCCCCCCCCCCCC)CCc1c[nH]c2ccccc12. The summed E-state index contributed by atoms with van der Waals surface area (Å²) in [5, 5.41) is 1.23. The fourth-order valence-electron chi connectivity index (χ4n) is 6.51. The molecule has 2 aromatic rings. The molecule has 0 atom stereocenters. The van der Waals surface area contributed by atoms with Gasteiger partial charge in [0.05, 0.1) is 12.8 Å². The topological polar surface area (TPSA) is 71.6 Å². The van der Waals surface area contributed by atoms with Gasteiger partial charge in [0.1, 0.15) is 13.2 Å². The molecule has 1 N–H and O–H groups in total. The maximum absolute atomic E-state index is 12.6. The van der Waals surface area contributed by atoms with Crippen molar-refractivity contribution in [3.05, 3.63) is 36.0 Å². The largest absolute Gasteiger partial charge is 0.465 e. The molecule has 1 aromatic carbocycles. The average Bonchev–Trinajstić information content (AvgIpc) is 3.60. The molecule has 0 spiro atoms. The number of fused-ring (bicyclic) bond motifs is 1. The normalized spacial score (nSPS) is 11.5. The van der Waals surface area contributed by atoms with E-state index >= 15 is 0 Å². The molecule has 1 heterocycles. The molecule has 0 amide bonds. The van der Waals surface area contributed by atoms with Gasteiger partial charge in [-0.15, -0.1) is 0 Å². The van der Waals surface area contributed by atoms with Crippen molar-refractivity contribution in [2.45, 2.75) is 162 Å². The van der Waals surface area contributed by atoms with Gasteiger partial charge >= 0.3 is 11.9 Å². The third kappa shape index (κ3) is 27.6. The van der Waals surface area contributed by atoms with E-state index in [0.717, 1.165) is 30.0 Å². The van der Waals surface area contributed by atoms with Gasteiger partial charge in [0.2, 0.25) is 0 Å². The maximum atomic E-state index is 12.6. The Morgan fingerprint density at radius 3 is 1.46 bits per heavy atom. The Morgan fingerprint density at radius 1 is 0.556 bits per heavy atom. The lowest BCUT2D eigenvalue weighted by molar-refractivity contribution is -0.143. The second-order valence-corrected chi connectivity index (χ2v) is 19.9. The van der Waals surface area contributed by atoms with Crippen molar-refractivity contribution in [2.24, 2.45) is 0 Å². The second-order valence-electron chi connectivity index (χ2n) is 14.5. The Balaban J connectivity index is 1.55. The van der Waals surface area contributed by atoms with Gasteiger partial charge in [-0.05, 0) is 30.9 Å². The van der Waals surface area contributed by atoms with E-state index in [0.29, 0.717) is 39.1 Å². The van der Waals surface area contributed by atoms with Gasteiger partial charge < -0.3 is 19.4 Å². The lowest BCUT2D eigenvalue weighted by atomic mass is 10.1. The van der Waals surface area contributed by atoms with Gasteiger partial charge in [-0.1, -0.05) is 191 Å². The number of aromatic amines is 1. The number of para-hydroxylation sites is 1. The van der Waals surface area contributed by atoms with Crippen LogP contribution in [0.15, 0.2) is 30.5 Å². The van der Waals surface area contributed by atoms with E-state index in [1.807, 2.05) is 49.2 Å². The number of esters is 2.